The molecule has 4 aliphatic carbocycles. The minimum absolute atomic E-state index is 0.00209. The highest BCUT2D eigenvalue weighted by Gasteiger charge is 2.86. The standard InChI is InChI=1S/C25H35ClF6O6S2/c1-39(18-7-3-2-4-8-18,21-10-6-5-9-19(21)33)38-40(35,36)23(24(27,28)29,25(30,31)32)22(34)37-20-13-15-11-16(20)12-17(15)14-26/h15-18,20-21H,2-14H2,1H3. The van der Waals surface area contributed by atoms with E-state index in [0.29, 0.717) is 51.4 Å². The van der Waals surface area contributed by atoms with Crippen LogP contribution in [0.5, 0.6) is 0 Å². The van der Waals surface area contributed by atoms with E-state index in [1.807, 2.05) is 0 Å². The van der Waals surface area contributed by atoms with Gasteiger partial charge in [0.15, 0.2) is 0 Å². The summed E-state index contributed by atoms with van der Waals surface area (Å²) in [4.78, 5) is 26.0. The molecule has 0 aromatic heterocycles. The minimum Gasteiger partial charge on any atom is -0.460 e. The SMILES string of the molecule is CS(OS(=O)(=O)C(C(=O)OC1CC2CC1CC2CCl)(C(F)(F)F)C(F)(F)F)(C1CCCCC1)C1CCCCC1=O. The predicted molar refractivity (Wildman–Crippen MR) is 137 cm³/mol. The summed E-state index contributed by atoms with van der Waals surface area (Å²) in [6, 6.07) is 0. The van der Waals surface area contributed by atoms with E-state index in [0.717, 1.165) is 6.42 Å². The van der Waals surface area contributed by atoms with Gasteiger partial charge in [-0.05, 0) is 69.0 Å². The Bertz CT molecular complexity index is 1060. The fourth-order valence-corrected chi connectivity index (χ4v) is 14.2. The number of hydrogen-bond donors (Lipinski definition) is 0. The number of Topliss-reactive ketones (excluding diaryl/α,β-unsaturated/α-hetero) is 1. The zero-order chi connectivity index (χ0) is 29.7. The van der Waals surface area contributed by atoms with Crippen LogP contribution in [0.1, 0.15) is 77.0 Å². The molecule has 6 atom stereocenters. The summed E-state index contributed by atoms with van der Waals surface area (Å²) in [5, 5.41) is -1.86. The fourth-order valence-electron chi connectivity index (χ4n) is 7.23. The molecule has 2 bridgehead atoms. The summed E-state index contributed by atoms with van der Waals surface area (Å²) >= 11 is 5.88. The number of fused-ring (bicyclic) bond motifs is 2. The van der Waals surface area contributed by atoms with E-state index in [4.69, 9.17) is 20.0 Å². The molecule has 0 saturated heterocycles. The molecule has 4 saturated carbocycles. The van der Waals surface area contributed by atoms with Gasteiger partial charge in [0.1, 0.15) is 11.9 Å². The molecule has 0 aromatic rings. The zero-order valence-electron chi connectivity index (χ0n) is 22.1. The van der Waals surface area contributed by atoms with Crippen LogP contribution in [-0.4, -0.2) is 66.0 Å². The highest BCUT2D eigenvalue weighted by molar-refractivity contribution is 8.34. The summed E-state index contributed by atoms with van der Waals surface area (Å²) in [7, 11) is -10.2. The molecule has 0 amide bonds. The third-order valence-corrected chi connectivity index (χ3v) is 16.5. The smallest absolute Gasteiger partial charge is 0.430 e. The van der Waals surface area contributed by atoms with Crippen LogP contribution in [0.3, 0.4) is 0 Å². The maximum Gasteiger partial charge on any atom is 0.430 e. The molecule has 6 nitrogen and oxygen atoms in total. The molecule has 232 valence electrons. The molecule has 4 rings (SSSR count). The normalized spacial score (nSPS) is 33.0. The Labute approximate surface area is 236 Å². The van der Waals surface area contributed by atoms with Crippen LogP contribution in [0.2, 0.25) is 0 Å². The van der Waals surface area contributed by atoms with Crippen LogP contribution in [0.15, 0.2) is 0 Å². The van der Waals surface area contributed by atoms with Gasteiger partial charge in [0.2, 0.25) is 0 Å². The number of alkyl halides is 7. The molecule has 40 heavy (non-hydrogen) atoms. The van der Waals surface area contributed by atoms with Gasteiger partial charge in [-0.3, -0.25) is 4.79 Å². The fraction of sp³-hybridized carbons (Fsp3) is 0.920. The molecule has 4 fully saturated rings. The Hall–Kier alpha value is -0.730. The summed E-state index contributed by atoms with van der Waals surface area (Å²) in [5.74, 6) is -3.80. The van der Waals surface area contributed by atoms with Gasteiger partial charge >= 0.3 is 33.2 Å². The van der Waals surface area contributed by atoms with Crippen LogP contribution in [0.25, 0.3) is 0 Å². The van der Waals surface area contributed by atoms with Gasteiger partial charge in [0, 0.05) is 17.6 Å². The van der Waals surface area contributed by atoms with Gasteiger partial charge < -0.3 is 4.74 Å². The second kappa shape index (κ2) is 11.4. The number of ether oxygens (including phenoxy) is 1. The largest absolute Gasteiger partial charge is 0.460 e. The van der Waals surface area contributed by atoms with Gasteiger partial charge in [0.25, 0.3) is 0 Å². The third-order valence-electron chi connectivity index (χ3n) is 9.37. The lowest BCUT2D eigenvalue weighted by molar-refractivity contribution is -0.270. The van der Waals surface area contributed by atoms with Crippen molar-refractivity contribution < 1.29 is 52.7 Å². The van der Waals surface area contributed by atoms with E-state index < -0.39 is 71.8 Å². The summed E-state index contributed by atoms with van der Waals surface area (Å²) < 4.78 is 119. The number of carbonyl (C=O) groups is 2. The number of hydrogen-bond acceptors (Lipinski definition) is 6. The average molecular weight is 645 g/mol. The van der Waals surface area contributed by atoms with Gasteiger partial charge in [-0.2, -0.15) is 34.8 Å². The molecule has 4 aliphatic rings. The molecular formula is C25H35ClF6O6S2. The second-order valence-corrected chi connectivity index (χ2v) is 17.3. The van der Waals surface area contributed by atoms with E-state index in [1.54, 1.807) is 0 Å². The molecule has 15 heteroatoms. The number of carbonyl (C=O) groups excluding carboxylic acids is 2. The van der Waals surface area contributed by atoms with E-state index in [-0.39, 0.29) is 37.0 Å². The first-order valence-electron chi connectivity index (χ1n) is 13.6. The maximum absolute atomic E-state index is 14.6. The summed E-state index contributed by atoms with van der Waals surface area (Å²) in [6.07, 6.45) is -9.09. The van der Waals surface area contributed by atoms with Crippen molar-refractivity contribution in [1.82, 2.24) is 0 Å². The maximum atomic E-state index is 14.6. The quantitative estimate of drug-likeness (QED) is 0.168. The van der Waals surface area contributed by atoms with Crippen LogP contribution in [-0.2, 0) is 28.1 Å². The van der Waals surface area contributed by atoms with Crippen molar-refractivity contribution in [3.63, 3.8) is 0 Å². The number of halogens is 7. The molecule has 0 aliphatic heterocycles. The van der Waals surface area contributed by atoms with Gasteiger partial charge in [-0.15, -0.1) is 21.9 Å². The van der Waals surface area contributed by atoms with E-state index in [2.05, 4.69) is 0 Å². The number of rotatable bonds is 8. The molecule has 0 N–H and O–H groups in total. The van der Waals surface area contributed by atoms with Crippen LogP contribution in [0.4, 0.5) is 26.3 Å². The lowest BCUT2D eigenvalue weighted by Crippen LogP contribution is -2.68. The predicted octanol–water partition coefficient (Wildman–Crippen LogP) is 6.59. The molecule has 0 radical (unpaired) electrons. The molecule has 0 heterocycles. The Morgan fingerprint density at radius 3 is 2.00 bits per heavy atom. The Morgan fingerprint density at radius 2 is 1.50 bits per heavy atom. The monoisotopic (exact) mass is 644 g/mol. The third kappa shape index (κ3) is 5.40. The first kappa shape index (κ1) is 32.2. The minimum atomic E-state index is -6.81. The highest BCUT2D eigenvalue weighted by Crippen LogP contribution is 2.65. The summed E-state index contributed by atoms with van der Waals surface area (Å²) in [6.45, 7) is 0. The zero-order valence-corrected chi connectivity index (χ0v) is 24.5. The number of esters is 1. The highest BCUT2D eigenvalue weighted by atomic mass is 35.5. The van der Waals surface area contributed by atoms with E-state index in [9.17, 15) is 44.3 Å². The van der Waals surface area contributed by atoms with Gasteiger partial charge in [0.05, 0.1) is 5.25 Å². The molecule has 0 spiro atoms. The Kier molecular flexibility index (Phi) is 9.18. The van der Waals surface area contributed by atoms with Crippen molar-refractivity contribution >= 4 is 43.8 Å². The van der Waals surface area contributed by atoms with Gasteiger partial charge in [-0.25, -0.2) is 8.42 Å². The second-order valence-electron chi connectivity index (χ2n) is 11.7. The van der Waals surface area contributed by atoms with Crippen molar-refractivity contribution in [3.05, 3.63) is 0 Å². The van der Waals surface area contributed by atoms with E-state index >= 15 is 0 Å². The lowest BCUT2D eigenvalue weighted by atomic mass is 9.88. The van der Waals surface area contributed by atoms with Crippen molar-refractivity contribution in [2.75, 3.05) is 12.1 Å². The van der Waals surface area contributed by atoms with E-state index in [1.165, 1.54) is 6.26 Å². The van der Waals surface area contributed by atoms with Crippen LogP contribution in [0, 0.1) is 17.8 Å². The first-order chi connectivity index (χ1) is 18.5. The Morgan fingerprint density at radius 1 is 0.900 bits per heavy atom. The average Bonchev–Trinajstić information content (AvgIpc) is 3.43. The topological polar surface area (TPSA) is 86.7 Å². The van der Waals surface area contributed by atoms with Crippen molar-refractivity contribution in [1.29, 1.82) is 0 Å². The first-order valence-corrected chi connectivity index (χ1v) is 17.7. The Balaban J connectivity index is 1.76. The van der Waals surface area contributed by atoms with Crippen molar-refractivity contribution in [2.24, 2.45) is 17.8 Å². The lowest BCUT2D eigenvalue weighted by Gasteiger charge is -2.50. The number of ketones is 1. The molecular weight excluding hydrogens is 610 g/mol. The van der Waals surface area contributed by atoms with Crippen molar-refractivity contribution in [2.45, 2.75) is 111 Å². The summed E-state index contributed by atoms with van der Waals surface area (Å²) in [5.41, 5.74) is 0. The van der Waals surface area contributed by atoms with Crippen molar-refractivity contribution in [3.8, 4) is 0 Å². The van der Waals surface area contributed by atoms with Crippen LogP contribution >= 0.6 is 21.9 Å². The molecule has 0 aromatic carbocycles. The molecule has 6 unspecified atom stereocenters. The van der Waals surface area contributed by atoms with Crippen LogP contribution < -0.4 is 0 Å². The van der Waals surface area contributed by atoms with Gasteiger partial charge in [-0.1, -0.05) is 25.7 Å².